The number of carboxylic acid groups (broad SMARTS) is 2. The van der Waals surface area contributed by atoms with Crippen LogP contribution >= 0.6 is 0 Å². The van der Waals surface area contributed by atoms with E-state index in [9.17, 15) is 44.7 Å². The molecule has 12 heteroatoms. The maximum Gasteiger partial charge on any atom is 0.335 e. The van der Waals surface area contributed by atoms with E-state index in [0.717, 1.165) is 12.1 Å². The van der Waals surface area contributed by atoms with Crippen molar-refractivity contribution in [3.8, 4) is 11.5 Å². The van der Waals surface area contributed by atoms with E-state index >= 15 is 0 Å². The van der Waals surface area contributed by atoms with Gasteiger partial charge in [0.05, 0.1) is 6.10 Å². The van der Waals surface area contributed by atoms with Gasteiger partial charge >= 0.3 is 23.9 Å². The number of aliphatic hydroxyl groups excluding tert-OH is 1. The van der Waals surface area contributed by atoms with Gasteiger partial charge in [-0.1, -0.05) is 6.07 Å². The van der Waals surface area contributed by atoms with Crippen LogP contribution in [0.15, 0.2) is 24.3 Å². The van der Waals surface area contributed by atoms with Crippen LogP contribution in [-0.2, 0) is 28.7 Å². The molecule has 12 nitrogen and oxygen atoms in total. The fourth-order valence-electron chi connectivity index (χ4n) is 2.99. The number of carbonyl (C=O) groups excluding carboxylic acids is 2. The number of ether oxygens (including phenoxy) is 2. The van der Waals surface area contributed by atoms with Crippen LogP contribution < -0.4 is 0 Å². The zero-order valence-corrected chi connectivity index (χ0v) is 15.9. The highest BCUT2D eigenvalue weighted by Gasteiger charge is 2.52. The summed E-state index contributed by atoms with van der Waals surface area (Å²) in [7, 11) is 0. The molecule has 1 saturated carbocycles. The number of hydrogen-bond acceptors (Lipinski definition) is 10. The number of aliphatic carboxylic acids is 2. The molecule has 0 amide bonds. The summed E-state index contributed by atoms with van der Waals surface area (Å²) in [4.78, 5) is 45.8. The number of benzene rings is 1. The standard InChI is InChI=1S/C19H20O12/c20-10-3-1-9(5-11(10)21)2-4-15(25)30-13-8-19(29,18(27)28)7-12(22)17(13)31-16(26)6-14(23)24/h1-5,12-13,17,20-22,29H,6-8H2,(H,23,24)(H,27,28)/t12-,13-,17-,19+/m1/s1. The molecule has 0 heterocycles. The summed E-state index contributed by atoms with van der Waals surface area (Å²) in [5, 5.41) is 57.0. The molecule has 0 bridgehead atoms. The van der Waals surface area contributed by atoms with E-state index in [1.54, 1.807) is 0 Å². The van der Waals surface area contributed by atoms with Gasteiger partial charge in [-0.3, -0.25) is 9.59 Å². The van der Waals surface area contributed by atoms with E-state index in [2.05, 4.69) is 0 Å². The Balaban J connectivity index is 2.18. The zero-order valence-electron chi connectivity index (χ0n) is 15.9. The van der Waals surface area contributed by atoms with Crippen molar-refractivity contribution in [2.45, 2.75) is 43.2 Å². The molecular formula is C19H20O12. The van der Waals surface area contributed by atoms with Crippen molar-refractivity contribution in [2.24, 2.45) is 0 Å². The van der Waals surface area contributed by atoms with E-state index in [0.29, 0.717) is 5.56 Å². The van der Waals surface area contributed by atoms with Crippen molar-refractivity contribution in [1.29, 1.82) is 0 Å². The first kappa shape index (κ1) is 23.6. The molecule has 1 aromatic carbocycles. The average Bonchev–Trinajstić information content (AvgIpc) is 2.65. The molecule has 31 heavy (non-hydrogen) atoms. The topological polar surface area (TPSA) is 208 Å². The zero-order chi connectivity index (χ0) is 23.3. The van der Waals surface area contributed by atoms with Crippen LogP contribution in [-0.4, -0.2) is 78.4 Å². The second-order valence-corrected chi connectivity index (χ2v) is 6.89. The third kappa shape index (κ3) is 6.17. The molecule has 4 atom stereocenters. The lowest BCUT2D eigenvalue weighted by molar-refractivity contribution is -0.207. The Morgan fingerprint density at radius 2 is 1.74 bits per heavy atom. The lowest BCUT2D eigenvalue weighted by Gasteiger charge is -2.40. The summed E-state index contributed by atoms with van der Waals surface area (Å²) >= 11 is 0. The first-order chi connectivity index (χ1) is 14.4. The van der Waals surface area contributed by atoms with Crippen LogP contribution in [0.5, 0.6) is 11.5 Å². The molecule has 0 aromatic heterocycles. The summed E-state index contributed by atoms with van der Waals surface area (Å²) in [5.74, 6) is -6.35. The van der Waals surface area contributed by atoms with Crippen LogP contribution in [0.3, 0.4) is 0 Å². The van der Waals surface area contributed by atoms with Gasteiger partial charge in [0.25, 0.3) is 0 Å². The number of phenolic OH excluding ortho intramolecular Hbond substituents is 2. The fourth-order valence-corrected chi connectivity index (χ4v) is 2.99. The molecule has 2 rings (SSSR count). The summed E-state index contributed by atoms with van der Waals surface area (Å²) in [6, 6.07) is 3.68. The highest BCUT2D eigenvalue weighted by atomic mass is 16.6. The number of phenols is 2. The molecule has 0 aliphatic heterocycles. The smallest absolute Gasteiger partial charge is 0.335 e. The maximum absolute atomic E-state index is 12.2. The molecule has 1 fully saturated rings. The van der Waals surface area contributed by atoms with Gasteiger partial charge < -0.3 is 40.1 Å². The molecular weight excluding hydrogens is 420 g/mol. The lowest BCUT2D eigenvalue weighted by atomic mass is 9.79. The van der Waals surface area contributed by atoms with Gasteiger partial charge in [-0.2, -0.15) is 0 Å². The third-order valence-corrected chi connectivity index (χ3v) is 4.47. The van der Waals surface area contributed by atoms with Gasteiger partial charge in [-0.25, -0.2) is 9.59 Å². The Bertz CT molecular complexity index is 907. The molecule has 0 radical (unpaired) electrons. The summed E-state index contributed by atoms with van der Waals surface area (Å²) in [5.41, 5.74) is -2.19. The Labute approximate surface area is 174 Å². The number of rotatable bonds is 7. The van der Waals surface area contributed by atoms with Crippen LogP contribution in [0.25, 0.3) is 6.08 Å². The number of hydrogen-bond donors (Lipinski definition) is 6. The first-order valence-electron chi connectivity index (χ1n) is 8.87. The largest absolute Gasteiger partial charge is 0.504 e. The van der Waals surface area contributed by atoms with Crippen LogP contribution in [0.2, 0.25) is 0 Å². The van der Waals surface area contributed by atoms with E-state index in [-0.39, 0.29) is 5.75 Å². The second-order valence-electron chi connectivity index (χ2n) is 6.89. The normalized spacial score (nSPS) is 25.7. The van der Waals surface area contributed by atoms with Crippen molar-refractivity contribution in [2.75, 3.05) is 0 Å². The van der Waals surface area contributed by atoms with Crippen LogP contribution in [0, 0.1) is 0 Å². The quantitative estimate of drug-likeness (QED) is 0.136. The maximum atomic E-state index is 12.2. The minimum absolute atomic E-state index is 0.294. The van der Waals surface area contributed by atoms with Crippen LogP contribution in [0.1, 0.15) is 24.8 Å². The average molecular weight is 440 g/mol. The number of aromatic hydroxyl groups is 2. The van der Waals surface area contributed by atoms with Crippen molar-refractivity contribution in [1.82, 2.24) is 0 Å². The molecule has 6 N–H and O–H groups in total. The SMILES string of the molecule is O=C(O)CC(=O)O[C@@H]1[C@H](O)C[C@@](O)(C(=O)O)C[C@H]1OC(=O)C=Cc1ccc(O)c(O)c1. The molecule has 0 unspecified atom stereocenters. The Morgan fingerprint density at radius 1 is 1.06 bits per heavy atom. The summed E-state index contributed by atoms with van der Waals surface area (Å²) < 4.78 is 9.91. The highest BCUT2D eigenvalue weighted by molar-refractivity contribution is 5.90. The Morgan fingerprint density at radius 3 is 2.32 bits per heavy atom. The lowest BCUT2D eigenvalue weighted by Crippen LogP contribution is -2.58. The summed E-state index contributed by atoms with van der Waals surface area (Å²) in [6.45, 7) is 0. The summed E-state index contributed by atoms with van der Waals surface area (Å²) in [6.07, 6.45) is -5.43. The van der Waals surface area contributed by atoms with Crippen molar-refractivity contribution >= 4 is 30.0 Å². The van der Waals surface area contributed by atoms with E-state index in [1.165, 1.54) is 18.2 Å². The van der Waals surface area contributed by atoms with Gasteiger partial charge in [-0.15, -0.1) is 0 Å². The van der Waals surface area contributed by atoms with Crippen molar-refractivity contribution < 1.29 is 59.3 Å². The third-order valence-electron chi connectivity index (χ3n) is 4.47. The van der Waals surface area contributed by atoms with Crippen molar-refractivity contribution in [3.05, 3.63) is 29.8 Å². The number of carbonyl (C=O) groups is 4. The van der Waals surface area contributed by atoms with Gasteiger partial charge in [0.1, 0.15) is 12.5 Å². The number of aliphatic hydroxyl groups is 2. The molecule has 0 spiro atoms. The van der Waals surface area contributed by atoms with E-state index < -0.39 is 72.8 Å². The van der Waals surface area contributed by atoms with Gasteiger partial charge in [0.15, 0.2) is 23.2 Å². The molecule has 0 saturated heterocycles. The number of esters is 2. The van der Waals surface area contributed by atoms with Gasteiger partial charge in [0.2, 0.25) is 0 Å². The Kier molecular flexibility index (Phi) is 7.20. The predicted molar refractivity (Wildman–Crippen MR) is 98.6 cm³/mol. The van der Waals surface area contributed by atoms with Crippen LogP contribution in [0.4, 0.5) is 0 Å². The highest BCUT2D eigenvalue weighted by Crippen LogP contribution is 2.33. The molecule has 1 aliphatic carbocycles. The molecule has 1 aromatic rings. The van der Waals surface area contributed by atoms with Crippen molar-refractivity contribution in [3.63, 3.8) is 0 Å². The monoisotopic (exact) mass is 440 g/mol. The second kappa shape index (κ2) is 9.45. The van der Waals surface area contributed by atoms with Gasteiger partial charge in [0, 0.05) is 18.9 Å². The molecule has 1 aliphatic rings. The Hall–Kier alpha value is -3.64. The van der Waals surface area contributed by atoms with Gasteiger partial charge in [-0.05, 0) is 23.8 Å². The minimum Gasteiger partial charge on any atom is -0.504 e. The number of carboxylic acids is 2. The predicted octanol–water partition coefficient (Wildman–Crippen LogP) is -0.620. The van der Waals surface area contributed by atoms with E-state index in [4.69, 9.17) is 14.6 Å². The fraction of sp³-hybridized carbons (Fsp3) is 0.368. The first-order valence-corrected chi connectivity index (χ1v) is 8.87. The molecule has 168 valence electrons. The minimum atomic E-state index is -2.48. The van der Waals surface area contributed by atoms with E-state index in [1.807, 2.05) is 0 Å².